The highest BCUT2D eigenvalue weighted by molar-refractivity contribution is 5.89. The zero-order valence-corrected chi connectivity index (χ0v) is 16.7. The number of phenols is 2. The number of anilines is 1. The summed E-state index contributed by atoms with van der Waals surface area (Å²) in [4.78, 5) is 11.8. The van der Waals surface area contributed by atoms with Crippen LogP contribution in [0.1, 0.15) is 47.0 Å². The lowest BCUT2D eigenvalue weighted by Gasteiger charge is -2.24. The summed E-state index contributed by atoms with van der Waals surface area (Å²) in [6, 6.07) is 19.8. The van der Waals surface area contributed by atoms with Crippen molar-refractivity contribution in [3.63, 3.8) is 0 Å². The Balaban J connectivity index is 1.81. The quantitative estimate of drug-likeness (QED) is 0.409. The smallest absolute Gasteiger partial charge is 0.338 e. The van der Waals surface area contributed by atoms with Gasteiger partial charge in [-0.1, -0.05) is 24.3 Å². The highest BCUT2D eigenvalue weighted by atomic mass is 16.5. The van der Waals surface area contributed by atoms with Crippen LogP contribution in [0.5, 0.6) is 11.5 Å². The summed E-state index contributed by atoms with van der Waals surface area (Å²) in [5.41, 5.74) is 2.70. The summed E-state index contributed by atoms with van der Waals surface area (Å²) >= 11 is 0. The molecule has 2 unspecified atom stereocenters. The van der Waals surface area contributed by atoms with Crippen LogP contribution in [0.4, 0.5) is 5.69 Å². The van der Waals surface area contributed by atoms with E-state index in [1.165, 1.54) is 12.1 Å². The molecule has 0 radical (unpaired) electrons. The van der Waals surface area contributed by atoms with Crippen molar-refractivity contribution in [2.45, 2.75) is 25.5 Å². The lowest BCUT2D eigenvalue weighted by molar-refractivity contribution is 0.0526. The number of nitrogens with one attached hydrogen (secondary N) is 1. The molecule has 3 rings (SSSR count). The molecule has 156 valence electrons. The fourth-order valence-corrected chi connectivity index (χ4v) is 3.19. The molecular formula is C24H25NO5. The van der Waals surface area contributed by atoms with Crippen molar-refractivity contribution < 1.29 is 24.9 Å². The second-order valence-electron chi connectivity index (χ2n) is 6.93. The minimum Gasteiger partial charge on any atom is -0.508 e. The number of benzene rings is 3. The summed E-state index contributed by atoms with van der Waals surface area (Å²) in [5.74, 6) is -0.109. The average Bonchev–Trinajstić information content (AvgIpc) is 2.74. The van der Waals surface area contributed by atoms with E-state index < -0.39 is 6.10 Å². The summed E-state index contributed by atoms with van der Waals surface area (Å²) < 4.78 is 5.00. The van der Waals surface area contributed by atoms with Gasteiger partial charge in [-0.25, -0.2) is 4.79 Å². The number of hydrogen-bond donors (Lipinski definition) is 4. The van der Waals surface area contributed by atoms with Crippen molar-refractivity contribution in [3.8, 4) is 11.5 Å². The zero-order valence-electron chi connectivity index (χ0n) is 16.7. The second-order valence-corrected chi connectivity index (χ2v) is 6.93. The van der Waals surface area contributed by atoms with Crippen LogP contribution >= 0.6 is 0 Å². The van der Waals surface area contributed by atoms with Crippen molar-refractivity contribution in [1.82, 2.24) is 0 Å². The van der Waals surface area contributed by atoms with Crippen molar-refractivity contribution in [1.29, 1.82) is 0 Å². The predicted octanol–water partition coefficient (Wildman–Crippen LogP) is 4.55. The third-order valence-electron chi connectivity index (χ3n) is 4.75. The molecule has 0 spiro atoms. The first-order chi connectivity index (χ1) is 14.5. The maximum absolute atomic E-state index is 11.8. The standard InChI is InChI=1S/C24H25NO5/c1-2-30-24(29)17-6-10-19(11-7-17)25-22(18-4-3-5-21(27)14-18)15-23(28)16-8-12-20(26)13-9-16/h3-14,22-23,25-28H,2,15H2,1H3. The van der Waals surface area contributed by atoms with Crippen molar-refractivity contribution in [2.75, 3.05) is 11.9 Å². The Kier molecular flexibility index (Phi) is 6.93. The monoisotopic (exact) mass is 407 g/mol. The minimum atomic E-state index is -0.788. The molecule has 30 heavy (non-hydrogen) atoms. The Hall–Kier alpha value is -3.51. The van der Waals surface area contributed by atoms with Crippen LogP contribution in [-0.4, -0.2) is 27.9 Å². The molecule has 0 amide bonds. The summed E-state index contributed by atoms with van der Waals surface area (Å²) in [7, 11) is 0. The van der Waals surface area contributed by atoms with Gasteiger partial charge in [0.05, 0.1) is 24.3 Å². The number of hydrogen-bond acceptors (Lipinski definition) is 6. The SMILES string of the molecule is CCOC(=O)c1ccc(NC(CC(O)c2ccc(O)cc2)c2cccc(O)c2)cc1. The number of aliphatic hydroxyl groups excluding tert-OH is 1. The maximum atomic E-state index is 11.8. The van der Waals surface area contributed by atoms with Crippen molar-refractivity contribution >= 4 is 11.7 Å². The Bertz CT molecular complexity index is 970. The summed E-state index contributed by atoms with van der Waals surface area (Å²) in [6.07, 6.45) is -0.460. The molecule has 2 atom stereocenters. The Morgan fingerprint density at radius 1 is 0.933 bits per heavy atom. The van der Waals surface area contributed by atoms with Crippen LogP contribution in [0.2, 0.25) is 0 Å². The van der Waals surface area contributed by atoms with Gasteiger partial charge in [-0.2, -0.15) is 0 Å². The number of esters is 1. The van der Waals surface area contributed by atoms with Crippen LogP contribution in [0.3, 0.4) is 0 Å². The first kappa shape index (κ1) is 21.2. The molecule has 6 heteroatoms. The molecule has 3 aromatic rings. The molecule has 0 aliphatic carbocycles. The molecule has 0 aromatic heterocycles. The molecule has 0 aliphatic rings. The van der Waals surface area contributed by atoms with Gasteiger partial charge in [-0.3, -0.25) is 0 Å². The Morgan fingerprint density at radius 2 is 1.63 bits per heavy atom. The number of rotatable bonds is 8. The normalized spacial score (nSPS) is 12.7. The van der Waals surface area contributed by atoms with Crippen LogP contribution in [0, 0.1) is 0 Å². The van der Waals surface area contributed by atoms with Gasteiger partial charge < -0.3 is 25.4 Å². The van der Waals surface area contributed by atoms with E-state index in [1.54, 1.807) is 61.5 Å². The molecule has 0 heterocycles. The van der Waals surface area contributed by atoms with Crippen LogP contribution in [0.15, 0.2) is 72.8 Å². The van der Waals surface area contributed by atoms with E-state index in [4.69, 9.17) is 4.74 Å². The Labute approximate surface area is 175 Å². The minimum absolute atomic E-state index is 0.135. The first-order valence-electron chi connectivity index (χ1n) is 9.76. The van der Waals surface area contributed by atoms with Gasteiger partial charge in [0.25, 0.3) is 0 Å². The van der Waals surface area contributed by atoms with Gasteiger partial charge in [0.15, 0.2) is 0 Å². The topological polar surface area (TPSA) is 99.0 Å². The first-order valence-corrected chi connectivity index (χ1v) is 9.76. The van der Waals surface area contributed by atoms with Gasteiger partial charge in [0.1, 0.15) is 11.5 Å². The van der Waals surface area contributed by atoms with E-state index in [1.807, 2.05) is 6.07 Å². The van der Waals surface area contributed by atoms with E-state index in [2.05, 4.69) is 5.32 Å². The molecule has 3 aromatic carbocycles. The highest BCUT2D eigenvalue weighted by Crippen LogP contribution is 2.31. The number of carbonyl (C=O) groups is 1. The predicted molar refractivity (Wildman–Crippen MR) is 115 cm³/mol. The second kappa shape index (κ2) is 9.80. The van der Waals surface area contributed by atoms with Gasteiger partial charge in [-0.05, 0) is 66.6 Å². The van der Waals surface area contributed by atoms with E-state index >= 15 is 0 Å². The molecule has 0 aliphatic heterocycles. The molecular weight excluding hydrogens is 382 g/mol. The van der Waals surface area contributed by atoms with Gasteiger partial charge in [0.2, 0.25) is 0 Å². The third-order valence-corrected chi connectivity index (χ3v) is 4.75. The fourth-order valence-electron chi connectivity index (χ4n) is 3.19. The van der Waals surface area contributed by atoms with E-state index in [-0.39, 0.29) is 23.5 Å². The number of aliphatic hydroxyl groups is 1. The molecule has 0 fully saturated rings. The van der Waals surface area contributed by atoms with Crippen molar-refractivity contribution in [3.05, 3.63) is 89.5 Å². The van der Waals surface area contributed by atoms with Gasteiger partial charge in [-0.15, -0.1) is 0 Å². The highest BCUT2D eigenvalue weighted by Gasteiger charge is 2.19. The molecule has 6 nitrogen and oxygen atoms in total. The molecule has 0 bridgehead atoms. The van der Waals surface area contributed by atoms with Crippen LogP contribution in [-0.2, 0) is 4.74 Å². The average molecular weight is 407 g/mol. The van der Waals surface area contributed by atoms with Crippen LogP contribution < -0.4 is 5.32 Å². The lowest BCUT2D eigenvalue weighted by atomic mass is 9.96. The third kappa shape index (κ3) is 5.52. The maximum Gasteiger partial charge on any atom is 0.338 e. The number of phenolic OH excluding ortho intramolecular Hbond substituents is 2. The van der Waals surface area contributed by atoms with Crippen molar-refractivity contribution in [2.24, 2.45) is 0 Å². The zero-order chi connectivity index (χ0) is 21.5. The number of aromatic hydroxyl groups is 2. The van der Waals surface area contributed by atoms with Crippen LogP contribution in [0.25, 0.3) is 0 Å². The molecule has 4 N–H and O–H groups in total. The summed E-state index contributed by atoms with van der Waals surface area (Å²) in [5, 5.41) is 33.4. The van der Waals surface area contributed by atoms with E-state index in [9.17, 15) is 20.1 Å². The van der Waals surface area contributed by atoms with E-state index in [0.29, 0.717) is 24.2 Å². The van der Waals surface area contributed by atoms with Gasteiger partial charge in [0, 0.05) is 12.1 Å². The summed E-state index contributed by atoms with van der Waals surface area (Å²) in [6.45, 7) is 2.07. The lowest BCUT2D eigenvalue weighted by Crippen LogP contribution is -2.15. The largest absolute Gasteiger partial charge is 0.508 e. The van der Waals surface area contributed by atoms with Gasteiger partial charge >= 0.3 is 5.97 Å². The molecule has 0 saturated heterocycles. The number of ether oxygens (including phenoxy) is 1. The fraction of sp³-hybridized carbons (Fsp3) is 0.208. The number of carbonyl (C=O) groups excluding carboxylic acids is 1. The Morgan fingerprint density at radius 3 is 2.27 bits per heavy atom. The molecule has 0 saturated carbocycles. The van der Waals surface area contributed by atoms with E-state index in [0.717, 1.165) is 11.3 Å².